The monoisotopic (exact) mass is 601 g/mol. The van der Waals surface area contributed by atoms with Gasteiger partial charge >= 0.3 is 0 Å². The number of nitrogens with zero attached hydrogens (tertiary/aromatic N) is 2. The lowest BCUT2D eigenvalue weighted by Gasteiger charge is -2.32. The summed E-state index contributed by atoms with van der Waals surface area (Å²) in [7, 11) is -2.75. The first-order valence-corrected chi connectivity index (χ1v) is 15.2. The third kappa shape index (κ3) is 7.37. The molecule has 1 atom stereocenters. The maximum Gasteiger partial charge on any atom is 0.264 e. The van der Waals surface area contributed by atoms with Crippen LogP contribution in [0.2, 0.25) is 5.02 Å². The molecule has 3 aromatic carbocycles. The molecule has 1 N–H and O–H groups in total. The Labute approximate surface area is 245 Å². The van der Waals surface area contributed by atoms with Gasteiger partial charge in [0.2, 0.25) is 11.8 Å². The number of hydrogen-bond donors (Lipinski definition) is 1. The van der Waals surface area contributed by atoms with Crippen LogP contribution in [0.1, 0.15) is 38.2 Å². The molecule has 0 bridgehead atoms. The predicted molar refractivity (Wildman–Crippen MR) is 156 cm³/mol. The fourth-order valence-corrected chi connectivity index (χ4v) is 6.43. The lowest BCUT2D eigenvalue weighted by Crippen LogP contribution is -2.52. The minimum Gasteiger partial charge on any atom is -0.497 e. The molecule has 41 heavy (non-hydrogen) atoms. The van der Waals surface area contributed by atoms with Crippen molar-refractivity contribution >= 4 is 39.1 Å². The molecule has 0 heterocycles. The van der Waals surface area contributed by atoms with Gasteiger partial charge in [0.25, 0.3) is 10.0 Å². The van der Waals surface area contributed by atoms with E-state index in [1.165, 1.54) is 30.2 Å². The summed E-state index contributed by atoms with van der Waals surface area (Å²) in [6.45, 7) is 0.996. The van der Waals surface area contributed by atoms with Gasteiger partial charge in [-0.15, -0.1) is 0 Å². The maximum absolute atomic E-state index is 14.0. The van der Waals surface area contributed by atoms with Crippen molar-refractivity contribution in [3.05, 3.63) is 89.2 Å². The summed E-state index contributed by atoms with van der Waals surface area (Å²) < 4.78 is 47.8. The summed E-state index contributed by atoms with van der Waals surface area (Å²) in [5, 5.41) is 2.74. The maximum atomic E-state index is 14.0. The molecular weight excluding hydrogens is 569 g/mol. The van der Waals surface area contributed by atoms with Crippen molar-refractivity contribution in [2.75, 3.05) is 18.0 Å². The van der Waals surface area contributed by atoms with Gasteiger partial charge in [0.15, 0.2) is 0 Å². The Balaban J connectivity index is 1.70. The minimum absolute atomic E-state index is 0.0120. The van der Waals surface area contributed by atoms with Gasteiger partial charge in [-0.25, -0.2) is 12.8 Å². The molecule has 0 unspecified atom stereocenters. The van der Waals surface area contributed by atoms with Crippen LogP contribution < -0.4 is 14.4 Å². The topological polar surface area (TPSA) is 96.0 Å². The molecule has 218 valence electrons. The van der Waals surface area contributed by atoms with Crippen molar-refractivity contribution in [3.8, 4) is 5.75 Å². The molecule has 8 nitrogen and oxygen atoms in total. The Morgan fingerprint density at radius 1 is 1.05 bits per heavy atom. The number of anilines is 1. The highest BCUT2D eigenvalue weighted by Crippen LogP contribution is 2.28. The number of halogens is 2. The largest absolute Gasteiger partial charge is 0.497 e. The molecule has 0 spiro atoms. The average Bonchev–Trinajstić information content (AvgIpc) is 3.49. The molecule has 1 aliphatic carbocycles. The number of methoxy groups -OCH3 is 1. The molecular formula is C30H33ClFN3O5S. The molecule has 0 radical (unpaired) electrons. The Kier molecular flexibility index (Phi) is 9.88. The number of hydrogen-bond acceptors (Lipinski definition) is 5. The first kappa shape index (κ1) is 30.3. The number of sulfonamides is 1. The van der Waals surface area contributed by atoms with Gasteiger partial charge in [-0.3, -0.25) is 13.9 Å². The third-order valence-electron chi connectivity index (χ3n) is 7.16. The van der Waals surface area contributed by atoms with Crippen LogP contribution in [-0.2, 0) is 26.2 Å². The van der Waals surface area contributed by atoms with Crippen LogP contribution >= 0.6 is 11.6 Å². The smallest absolute Gasteiger partial charge is 0.264 e. The number of amides is 2. The van der Waals surface area contributed by atoms with Crippen LogP contribution in [0.25, 0.3) is 0 Å². The van der Waals surface area contributed by atoms with Gasteiger partial charge in [0, 0.05) is 12.6 Å². The third-order valence-corrected chi connectivity index (χ3v) is 9.23. The zero-order chi connectivity index (χ0) is 29.6. The van der Waals surface area contributed by atoms with Crippen molar-refractivity contribution in [1.29, 1.82) is 0 Å². The summed E-state index contributed by atoms with van der Waals surface area (Å²) in [5.74, 6) is -1.10. The molecule has 0 aromatic heterocycles. The van der Waals surface area contributed by atoms with Crippen molar-refractivity contribution in [3.63, 3.8) is 0 Å². The fraction of sp³-hybridized carbons (Fsp3) is 0.333. The van der Waals surface area contributed by atoms with E-state index in [9.17, 15) is 22.4 Å². The lowest BCUT2D eigenvalue weighted by atomic mass is 10.1. The van der Waals surface area contributed by atoms with Crippen molar-refractivity contribution < 1.29 is 27.1 Å². The van der Waals surface area contributed by atoms with E-state index in [4.69, 9.17) is 16.3 Å². The number of nitrogens with one attached hydrogen (secondary N) is 1. The molecule has 1 fully saturated rings. The number of carbonyl (C=O) groups is 2. The summed E-state index contributed by atoms with van der Waals surface area (Å²) >= 11 is 6.01. The van der Waals surface area contributed by atoms with Crippen molar-refractivity contribution in [2.45, 2.75) is 56.1 Å². The SMILES string of the molecule is COc1cccc(CN(C(=O)CN(c2ccc(F)c(Cl)c2)S(=O)(=O)c2ccccc2)[C@H](C)C(=O)NC2CCCC2)c1. The highest BCUT2D eigenvalue weighted by molar-refractivity contribution is 7.92. The van der Waals surface area contributed by atoms with E-state index in [1.807, 2.05) is 0 Å². The Hall–Kier alpha value is -3.63. The Morgan fingerprint density at radius 3 is 2.41 bits per heavy atom. The molecule has 1 aliphatic rings. The Morgan fingerprint density at radius 2 is 1.76 bits per heavy atom. The fourth-order valence-electron chi connectivity index (χ4n) is 4.83. The second kappa shape index (κ2) is 13.4. The summed E-state index contributed by atoms with van der Waals surface area (Å²) in [5.41, 5.74) is 0.707. The van der Waals surface area contributed by atoms with E-state index in [0.29, 0.717) is 11.3 Å². The molecule has 0 aliphatic heterocycles. The van der Waals surface area contributed by atoms with Gasteiger partial charge in [-0.2, -0.15) is 0 Å². The molecule has 2 amide bonds. The highest BCUT2D eigenvalue weighted by Gasteiger charge is 2.33. The Bertz CT molecular complexity index is 1480. The standard InChI is InChI=1S/C30H33ClFN3O5S/c1-21(30(37)33-23-10-6-7-11-23)34(19-22-9-8-12-25(17-22)40-2)29(36)20-35(24-15-16-28(32)27(31)18-24)41(38,39)26-13-4-3-5-14-26/h3-5,8-9,12-18,21,23H,6-7,10-11,19-20H2,1-2H3,(H,33,37)/t21-/m1/s1. The number of carbonyl (C=O) groups excluding carboxylic acids is 2. The molecule has 11 heteroatoms. The molecule has 4 rings (SSSR count). The van der Waals surface area contributed by atoms with Crippen LogP contribution in [0.4, 0.5) is 10.1 Å². The average molecular weight is 602 g/mol. The second-order valence-corrected chi connectivity index (χ2v) is 12.2. The number of benzene rings is 3. The minimum atomic E-state index is -4.28. The molecule has 1 saturated carbocycles. The van der Waals surface area contributed by atoms with Crippen molar-refractivity contribution in [1.82, 2.24) is 10.2 Å². The van der Waals surface area contributed by atoms with Crippen LogP contribution in [-0.4, -0.2) is 50.9 Å². The van der Waals surface area contributed by atoms with E-state index in [-0.39, 0.29) is 34.1 Å². The van der Waals surface area contributed by atoms with E-state index in [1.54, 1.807) is 49.4 Å². The first-order valence-electron chi connectivity index (χ1n) is 13.4. The van der Waals surface area contributed by atoms with Gasteiger partial charge in [0.1, 0.15) is 24.2 Å². The van der Waals surface area contributed by atoms with Crippen LogP contribution in [0, 0.1) is 5.82 Å². The predicted octanol–water partition coefficient (Wildman–Crippen LogP) is 5.16. The zero-order valence-corrected chi connectivity index (χ0v) is 24.5. The first-order chi connectivity index (χ1) is 19.6. The van der Waals surface area contributed by atoms with Gasteiger partial charge in [-0.05, 0) is 67.8 Å². The summed E-state index contributed by atoms with van der Waals surface area (Å²) in [6, 6.07) is 17.3. The normalized spacial score (nSPS) is 14.3. The van der Waals surface area contributed by atoms with Crippen LogP contribution in [0.15, 0.2) is 77.7 Å². The molecule has 3 aromatic rings. The van der Waals surface area contributed by atoms with Gasteiger partial charge in [-0.1, -0.05) is 54.8 Å². The lowest BCUT2D eigenvalue weighted by molar-refractivity contribution is -0.139. The zero-order valence-electron chi connectivity index (χ0n) is 22.9. The van der Waals surface area contributed by atoms with Crippen LogP contribution in [0.3, 0.4) is 0 Å². The van der Waals surface area contributed by atoms with E-state index in [0.717, 1.165) is 42.1 Å². The van der Waals surface area contributed by atoms with Crippen molar-refractivity contribution in [2.24, 2.45) is 0 Å². The number of rotatable bonds is 11. The quantitative estimate of drug-likeness (QED) is 0.328. The summed E-state index contributed by atoms with van der Waals surface area (Å²) in [4.78, 5) is 28.6. The van der Waals surface area contributed by atoms with E-state index >= 15 is 0 Å². The van der Waals surface area contributed by atoms with E-state index < -0.39 is 34.3 Å². The number of ether oxygens (including phenoxy) is 1. The second-order valence-electron chi connectivity index (χ2n) is 9.96. The van der Waals surface area contributed by atoms with Gasteiger partial charge < -0.3 is 15.0 Å². The summed E-state index contributed by atoms with van der Waals surface area (Å²) in [6.07, 6.45) is 3.80. The molecule has 0 saturated heterocycles. The highest BCUT2D eigenvalue weighted by atomic mass is 35.5. The van der Waals surface area contributed by atoms with E-state index in [2.05, 4.69) is 5.32 Å². The van der Waals surface area contributed by atoms with Crippen LogP contribution in [0.5, 0.6) is 5.75 Å². The van der Waals surface area contributed by atoms with Gasteiger partial charge in [0.05, 0.1) is 22.7 Å².